The van der Waals surface area contributed by atoms with Crippen LogP contribution < -0.4 is 5.48 Å². The van der Waals surface area contributed by atoms with Gasteiger partial charge in [-0.05, 0) is 0 Å². The SMILES string of the molecule is CS(=O)(=O)O.CS(=O)(=O)O.O=CNO. The molecule has 14 heavy (non-hydrogen) atoms. The molecule has 0 bridgehead atoms. The standard InChI is InChI=1S/CH3NO2.2CH4O3S/c3-1-2-4;2*1-5(2,3)4/h1,4H,(H,2,3);2*1H3,(H,2,3,4). The molecule has 0 aromatic carbocycles. The van der Waals surface area contributed by atoms with E-state index in [4.69, 9.17) is 19.1 Å². The lowest BCUT2D eigenvalue weighted by molar-refractivity contribution is -0.116. The minimum atomic E-state index is -3.67. The number of carbonyl (C=O) groups excluding carboxylic acids is 1. The average Bonchev–Trinajstić information content (AvgIpc) is 1.79. The minimum Gasteiger partial charge on any atom is -0.289 e. The van der Waals surface area contributed by atoms with Crippen LogP contribution in [0.5, 0.6) is 0 Å². The first kappa shape index (κ1) is 18.9. The van der Waals surface area contributed by atoms with Crippen molar-refractivity contribution in [3.05, 3.63) is 0 Å². The van der Waals surface area contributed by atoms with Gasteiger partial charge in [0.1, 0.15) is 0 Å². The summed E-state index contributed by atoms with van der Waals surface area (Å²) in [5.41, 5.74) is 1.25. The zero-order chi connectivity index (χ0) is 12.4. The van der Waals surface area contributed by atoms with Crippen LogP contribution in [0.4, 0.5) is 0 Å². The van der Waals surface area contributed by atoms with Crippen molar-refractivity contribution in [1.29, 1.82) is 0 Å². The zero-order valence-corrected chi connectivity index (χ0v) is 8.91. The molecule has 0 aromatic heterocycles. The molecule has 0 heterocycles. The lowest BCUT2D eigenvalue weighted by atomic mass is 11.5. The fraction of sp³-hybridized carbons (Fsp3) is 0.667. The monoisotopic (exact) mass is 253 g/mol. The van der Waals surface area contributed by atoms with Crippen molar-refractivity contribution in [2.45, 2.75) is 0 Å². The van der Waals surface area contributed by atoms with Gasteiger partial charge in [0.15, 0.2) is 0 Å². The van der Waals surface area contributed by atoms with Crippen molar-refractivity contribution in [3.63, 3.8) is 0 Å². The number of hydrogen-bond acceptors (Lipinski definition) is 6. The van der Waals surface area contributed by atoms with E-state index < -0.39 is 20.2 Å². The Kier molecular flexibility index (Phi) is 11.9. The molecule has 0 radical (unpaired) electrons. The van der Waals surface area contributed by atoms with E-state index in [9.17, 15) is 16.8 Å². The summed E-state index contributed by atoms with van der Waals surface area (Å²) in [6.45, 7) is 0. The second-order valence-corrected chi connectivity index (χ2v) is 4.65. The lowest BCUT2D eigenvalue weighted by Gasteiger charge is -1.69. The highest BCUT2D eigenvalue weighted by Crippen LogP contribution is 1.60. The number of carbonyl (C=O) groups is 1. The van der Waals surface area contributed by atoms with Crippen molar-refractivity contribution >= 4 is 26.6 Å². The van der Waals surface area contributed by atoms with Crippen LogP contribution in [0.25, 0.3) is 0 Å². The molecule has 0 aliphatic carbocycles. The Morgan fingerprint density at radius 3 is 1.07 bits per heavy atom. The molecule has 11 heteroatoms. The molecule has 4 N–H and O–H groups in total. The van der Waals surface area contributed by atoms with E-state index in [1.54, 1.807) is 0 Å². The minimum absolute atomic E-state index is 0.181. The highest BCUT2D eigenvalue weighted by molar-refractivity contribution is 7.85. The van der Waals surface area contributed by atoms with E-state index in [2.05, 4.69) is 0 Å². The number of hydroxylamine groups is 1. The maximum absolute atomic E-state index is 9.19. The molecule has 0 aromatic rings. The topological polar surface area (TPSA) is 158 Å². The number of hydrogen-bond donors (Lipinski definition) is 4. The molecule has 0 unspecified atom stereocenters. The van der Waals surface area contributed by atoms with E-state index in [-0.39, 0.29) is 6.41 Å². The first-order chi connectivity index (χ1) is 5.91. The molecule has 0 aliphatic rings. The summed E-state index contributed by atoms with van der Waals surface area (Å²) in [6.07, 6.45) is 1.61. The van der Waals surface area contributed by atoms with Crippen molar-refractivity contribution in [2.75, 3.05) is 12.5 Å². The second kappa shape index (κ2) is 8.83. The number of rotatable bonds is 1. The first-order valence-electron chi connectivity index (χ1n) is 2.60. The first-order valence-corrected chi connectivity index (χ1v) is 6.29. The molecular weight excluding hydrogens is 242 g/mol. The van der Waals surface area contributed by atoms with E-state index in [0.29, 0.717) is 12.5 Å². The molecule has 0 aliphatic heterocycles. The van der Waals surface area contributed by atoms with Crippen molar-refractivity contribution in [2.24, 2.45) is 0 Å². The van der Waals surface area contributed by atoms with Crippen LogP contribution in [0.2, 0.25) is 0 Å². The quantitative estimate of drug-likeness (QED) is 0.183. The molecular formula is C3H11NO8S2. The van der Waals surface area contributed by atoms with Crippen LogP contribution in [-0.2, 0) is 25.0 Å². The van der Waals surface area contributed by atoms with Gasteiger partial charge in [-0.15, -0.1) is 0 Å². The maximum atomic E-state index is 9.19. The Morgan fingerprint density at radius 1 is 1.00 bits per heavy atom. The van der Waals surface area contributed by atoms with E-state index >= 15 is 0 Å². The third-order valence-corrected chi connectivity index (χ3v) is 0.0527. The second-order valence-electron chi connectivity index (χ2n) is 1.71. The average molecular weight is 253 g/mol. The molecule has 88 valence electrons. The molecule has 0 fully saturated rings. The van der Waals surface area contributed by atoms with Gasteiger partial charge in [0.25, 0.3) is 20.2 Å². The van der Waals surface area contributed by atoms with Gasteiger partial charge in [0, 0.05) is 0 Å². The van der Waals surface area contributed by atoms with Gasteiger partial charge < -0.3 is 0 Å². The molecule has 0 rings (SSSR count). The molecule has 0 spiro atoms. The Hall–Kier alpha value is -0.750. The van der Waals surface area contributed by atoms with Crippen LogP contribution in [0.1, 0.15) is 0 Å². The summed E-state index contributed by atoms with van der Waals surface area (Å²) in [4.78, 5) is 8.81. The van der Waals surface area contributed by atoms with Crippen LogP contribution in [-0.4, -0.2) is 50.1 Å². The molecule has 0 atom stereocenters. The third-order valence-electron chi connectivity index (χ3n) is 0.0527. The van der Waals surface area contributed by atoms with Gasteiger partial charge in [-0.3, -0.25) is 19.1 Å². The number of nitrogens with one attached hydrogen (secondary N) is 1. The highest BCUT2D eigenvalue weighted by Gasteiger charge is 1.81. The largest absolute Gasteiger partial charge is 0.289 e. The van der Waals surface area contributed by atoms with Gasteiger partial charge in [-0.1, -0.05) is 0 Å². The molecule has 0 saturated carbocycles. The summed E-state index contributed by atoms with van der Waals surface area (Å²) in [5.74, 6) is 0. The van der Waals surface area contributed by atoms with Gasteiger partial charge >= 0.3 is 0 Å². The molecule has 0 saturated heterocycles. The fourth-order valence-corrected chi connectivity index (χ4v) is 0. The Balaban J connectivity index is -0.000000131. The molecule has 1 amide bonds. The van der Waals surface area contributed by atoms with Crippen LogP contribution >= 0.6 is 0 Å². The summed E-state index contributed by atoms with van der Waals surface area (Å²) in [6, 6.07) is 0. The van der Waals surface area contributed by atoms with Crippen LogP contribution in [0.15, 0.2) is 0 Å². The number of amides is 1. The summed E-state index contributed by atoms with van der Waals surface area (Å²) in [5, 5.41) is 7.26. The predicted octanol–water partition coefficient (Wildman–Crippen LogP) is -1.87. The zero-order valence-electron chi connectivity index (χ0n) is 7.28. The van der Waals surface area contributed by atoms with E-state index in [0.717, 1.165) is 0 Å². The maximum Gasteiger partial charge on any atom is 0.261 e. The normalized spacial score (nSPS) is 9.79. The predicted molar refractivity (Wildman–Crippen MR) is 45.9 cm³/mol. The van der Waals surface area contributed by atoms with Crippen molar-refractivity contribution < 1.29 is 35.9 Å². The Bertz CT molecular complexity index is 268. The third kappa shape index (κ3) is 18900. The van der Waals surface area contributed by atoms with Crippen molar-refractivity contribution in [1.82, 2.24) is 5.48 Å². The smallest absolute Gasteiger partial charge is 0.261 e. The van der Waals surface area contributed by atoms with Gasteiger partial charge in [0.05, 0.1) is 12.5 Å². The summed E-state index contributed by atoms with van der Waals surface area (Å²) >= 11 is 0. The van der Waals surface area contributed by atoms with Crippen LogP contribution in [0, 0.1) is 0 Å². The van der Waals surface area contributed by atoms with Crippen LogP contribution in [0.3, 0.4) is 0 Å². The van der Waals surface area contributed by atoms with E-state index in [1.807, 2.05) is 0 Å². The highest BCUT2D eigenvalue weighted by atomic mass is 32.2. The lowest BCUT2D eigenvalue weighted by Crippen LogP contribution is -1.99. The van der Waals surface area contributed by atoms with E-state index in [1.165, 1.54) is 5.48 Å². The Morgan fingerprint density at radius 2 is 1.07 bits per heavy atom. The fourth-order valence-electron chi connectivity index (χ4n) is 0. The summed E-state index contributed by atoms with van der Waals surface area (Å²) < 4.78 is 51.7. The van der Waals surface area contributed by atoms with Crippen molar-refractivity contribution in [3.8, 4) is 0 Å². The molecule has 9 nitrogen and oxygen atoms in total. The van der Waals surface area contributed by atoms with Gasteiger partial charge in [0.2, 0.25) is 6.41 Å². The summed E-state index contributed by atoms with van der Waals surface area (Å²) in [7, 11) is -7.33. The van der Waals surface area contributed by atoms with Gasteiger partial charge in [-0.2, -0.15) is 16.8 Å². The Labute approximate surface area is 81.2 Å². The van der Waals surface area contributed by atoms with Gasteiger partial charge in [-0.25, -0.2) is 5.48 Å².